The Bertz CT molecular complexity index is 946. The van der Waals surface area contributed by atoms with Crippen LogP contribution in [0.15, 0.2) is 16.9 Å². The molecule has 30 heavy (non-hydrogen) atoms. The second-order valence-corrected chi connectivity index (χ2v) is 8.09. The summed E-state index contributed by atoms with van der Waals surface area (Å²) in [7, 11) is 3.26. The van der Waals surface area contributed by atoms with E-state index in [0.29, 0.717) is 25.7 Å². The van der Waals surface area contributed by atoms with Gasteiger partial charge in [0.25, 0.3) is 5.56 Å². The number of carbonyl (C=O) groups excluding carboxylic acids is 3. The summed E-state index contributed by atoms with van der Waals surface area (Å²) in [6.45, 7) is -0.0234. The molecule has 0 saturated heterocycles. The number of anilines is 1. The average molecular weight is 413 g/mol. The molecule has 0 unspecified atom stereocenters. The number of nitriles is 1. The molecule has 1 fully saturated rings. The van der Waals surface area contributed by atoms with Gasteiger partial charge in [-0.05, 0) is 44.2 Å². The summed E-state index contributed by atoms with van der Waals surface area (Å²) >= 11 is 0. The molecule has 2 aliphatic rings. The molecule has 3 atom stereocenters. The Kier molecular flexibility index (Phi) is 6.55. The van der Waals surface area contributed by atoms with Crippen LogP contribution in [0.3, 0.4) is 0 Å². The maximum absolute atomic E-state index is 12.9. The smallest absolute Gasteiger partial charge is 0.274 e. The van der Waals surface area contributed by atoms with Gasteiger partial charge < -0.3 is 15.5 Å². The van der Waals surface area contributed by atoms with Gasteiger partial charge in [-0.1, -0.05) is 0 Å². The highest BCUT2D eigenvalue weighted by Crippen LogP contribution is 2.27. The fourth-order valence-corrected chi connectivity index (χ4v) is 4.10. The SMILES string of the molecule is CN(C)C(=O)CNc1ccc2n(c1=O)[C@H](C(=O)N[C@H](C#N)C[C@@H]1CCCC1=O)CC2. The normalized spacial score (nSPS) is 20.9. The fraction of sp³-hybridized carbons (Fsp3) is 0.571. The van der Waals surface area contributed by atoms with E-state index in [1.54, 1.807) is 26.2 Å². The van der Waals surface area contributed by atoms with Crippen molar-refractivity contribution in [3.63, 3.8) is 0 Å². The van der Waals surface area contributed by atoms with Crippen LogP contribution in [0.4, 0.5) is 5.69 Å². The third kappa shape index (κ3) is 4.53. The standard InChI is InChI=1S/C21H27N5O4/c1-25(2)19(28)12-23-16-8-6-15-7-9-17(26(15)21(16)30)20(29)24-14(11-22)10-13-4-3-5-18(13)27/h6,8,13-14,17,23H,3-5,7,9-10,12H2,1-2H3,(H,24,29)/t13-,14-,17-/m0/s1. The highest BCUT2D eigenvalue weighted by molar-refractivity contribution is 5.84. The third-order valence-corrected chi connectivity index (χ3v) is 5.84. The number of likely N-dealkylation sites (N-methyl/N-ethyl adjacent to an activating group) is 1. The van der Waals surface area contributed by atoms with Crippen LogP contribution in [0.2, 0.25) is 0 Å². The van der Waals surface area contributed by atoms with Crippen molar-refractivity contribution in [3.05, 3.63) is 28.2 Å². The number of aryl methyl sites for hydroxylation is 1. The topological polar surface area (TPSA) is 124 Å². The number of hydrogen-bond acceptors (Lipinski definition) is 6. The minimum atomic E-state index is -0.761. The van der Waals surface area contributed by atoms with Gasteiger partial charge in [0.15, 0.2) is 0 Å². The van der Waals surface area contributed by atoms with E-state index < -0.39 is 18.0 Å². The first-order valence-electron chi connectivity index (χ1n) is 10.2. The van der Waals surface area contributed by atoms with Crippen molar-refractivity contribution < 1.29 is 14.4 Å². The molecule has 2 heterocycles. The van der Waals surface area contributed by atoms with E-state index in [2.05, 4.69) is 16.7 Å². The lowest BCUT2D eigenvalue weighted by molar-refractivity contribution is -0.127. The quantitative estimate of drug-likeness (QED) is 0.675. The number of carbonyl (C=O) groups is 3. The van der Waals surface area contributed by atoms with Gasteiger partial charge in [-0.3, -0.25) is 23.7 Å². The molecule has 9 heteroatoms. The Morgan fingerprint density at radius 1 is 1.27 bits per heavy atom. The molecule has 0 bridgehead atoms. The number of fused-ring (bicyclic) bond motifs is 1. The lowest BCUT2D eigenvalue weighted by atomic mass is 9.98. The van der Waals surface area contributed by atoms with Crippen molar-refractivity contribution >= 4 is 23.3 Å². The Labute approximate surface area is 175 Å². The predicted molar refractivity (Wildman–Crippen MR) is 110 cm³/mol. The number of Topliss-reactive ketones (excluding diaryl/α,β-unsaturated/α-hetero) is 1. The molecule has 2 N–H and O–H groups in total. The van der Waals surface area contributed by atoms with Crippen LogP contribution in [-0.2, 0) is 20.8 Å². The second kappa shape index (κ2) is 9.11. The molecule has 1 saturated carbocycles. The van der Waals surface area contributed by atoms with E-state index >= 15 is 0 Å². The number of amides is 2. The maximum Gasteiger partial charge on any atom is 0.274 e. The van der Waals surface area contributed by atoms with Crippen LogP contribution in [0.25, 0.3) is 0 Å². The summed E-state index contributed by atoms with van der Waals surface area (Å²) in [5, 5.41) is 15.0. The molecular weight excluding hydrogens is 386 g/mol. The fourth-order valence-electron chi connectivity index (χ4n) is 4.10. The molecule has 1 aromatic rings. The van der Waals surface area contributed by atoms with Gasteiger partial charge in [0.2, 0.25) is 11.8 Å². The molecule has 1 aromatic heterocycles. The maximum atomic E-state index is 12.9. The zero-order chi connectivity index (χ0) is 21.8. The Balaban J connectivity index is 1.71. The highest BCUT2D eigenvalue weighted by Gasteiger charge is 2.33. The molecule has 2 amide bonds. The number of hydrogen-bond donors (Lipinski definition) is 2. The number of ketones is 1. The zero-order valence-corrected chi connectivity index (χ0v) is 17.3. The first-order valence-corrected chi connectivity index (χ1v) is 10.2. The monoisotopic (exact) mass is 413 g/mol. The van der Waals surface area contributed by atoms with Crippen LogP contribution in [0, 0.1) is 17.2 Å². The number of rotatable bonds is 7. The van der Waals surface area contributed by atoms with Crippen molar-refractivity contribution in [2.45, 2.75) is 50.6 Å². The van der Waals surface area contributed by atoms with E-state index in [-0.39, 0.29) is 35.4 Å². The third-order valence-electron chi connectivity index (χ3n) is 5.84. The Morgan fingerprint density at radius 3 is 2.67 bits per heavy atom. The van der Waals surface area contributed by atoms with Crippen molar-refractivity contribution in [1.82, 2.24) is 14.8 Å². The number of pyridine rings is 1. The van der Waals surface area contributed by atoms with E-state index in [1.807, 2.05) is 0 Å². The van der Waals surface area contributed by atoms with Crippen molar-refractivity contribution in [1.29, 1.82) is 5.26 Å². The molecular formula is C21H27N5O4. The minimum absolute atomic E-state index is 0.0234. The summed E-state index contributed by atoms with van der Waals surface area (Å²) in [5.41, 5.74) is 0.627. The lowest BCUT2D eigenvalue weighted by Crippen LogP contribution is -2.42. The largest absolute Gasteiger partial charge is 0.372 e. The van der Waals surface area contributed by atoms with Crippen LogP contribution >= 0.6 is 0 Å². The molecule has 160 valence electrons. The number of nitrogens with zero attached hydrogens (tertiary/aromatic N) is 3. The Morgan fingerprint density at radius 2 is 2.03 bits per heavy atom. The van der Waals surface area contributed by atoms with Crippen LogP contribution in [-0.4, -0.2) is 53.7 Å². The summed E-state index contributed by atoms with van der Waals surface area (Å²) < 4.78 is 1.44. The molecule has 9 nitrogen and oxygen atoms in total. The molecule has 0 spiro atoms. The van der Waals surface area contributed by atoms with Gasteiger partial charge >= 0.3 is 0 Å². The molecule has 0 radical (unpaired) electrons. The van der Waals surface area contributed by atoms with E-state index in [0.717, 1.165) is 18.5 Å². The molecule has 3 rings (SSSR count). The number of nitrogens with one attached hydrogen (secondary N) is 2. The van der Waals surface area contributed by atoms with E-state index in [9.17, 15) is 24.4 Å². The van der Waals surface area contributed by atoms with Crippen molar-refractivity contribution in [2.75, 3.05) is 26.0 Å². The van der Waals surface area contributed by atoms with Gasteiger partial charge in [0.05, 0.1) is 12.6 Å². The van der Waals surface area contributed by atoms with Crippen molar-refractivity contribution in [2.24, 2.45) is 5.92 Å². The summed E-state index contributed by atoms with van der Waals surface area (Å²) in [6, 6.07) is 4.00. The summed E-state index contributed by atoms with van der Waals surface area (Å²) in [6.07, 6.45) is 3.45. The molecule has 1 aliphatic heterocycles. The summed E-state index contributed by atoms with van der Waals surface area (Å²) in [4.78, 5) is 50.9. The van der Waals surface area contributed by atoms with Gasteiger partial charge in [-0.15, -0.1) is 0 Å². The van der Waals surface area contributed by atoms with E-state index in [1.165, 1.54) is 9.47 Å². The van der Waals surface area contributed by atoms with Crippen molar-refractivity contribution in [3.8, 4) is 6.07 Å². The van der Waals surface area contributed by atoms with Gasteiger partial charge in [0.1, 0.15) is 23.6 Å². The minimum Gasteiger partial charge on any atom is -0.372 e. The zero-order valence-electron chi connectivity index (χ0n) is 17.3. The number of aromatic nitrogens is 1. The van der Waals surface area contributed by atoms with Gasteiger partial charge in [-0.25, -0.2) is 0 Å². The van der Waals surface area contributed by atoms with Gasteiger partial charge in [-0.2, -0.15) is 5.26 Å². The average Bonchev–Trinajstić information content (AvgIpc) is 3.33. The predicted octanol–water partition coefficient (Wildman–Crippen LogP) is 0.603. The highest BCUT2D eigenvalue weighted by atomic mass is 16.2. The second-order valence-electron chi connectivity index (χ2n) is 8.09. The molecule has 1 aliphatic carbocycles. The molecule has 0 aromatic carbocycles. The van der Waals surface area contributed by atoms with Gasteiger partial charge in [0, 0.05) is 32.1 Å². The van der Waals surface area contributed by atoms with E-state index in [4.69, 9.17) is 0 Å². The van der Waals surface area contributed by atoms with Crippen LogP contribution < -0.4 is 16.2 Å². The first kappa shape index (κ1) is 21.6. The van der Waals surface area contributed by atoms with Crippen LogP contribution in [0.1, 0.15) is 43.8 Å². The van der Waals surface area contributed by atoms with Crippen LogP contribution in [0.5, 0.6) is 0 Å². The Hall–Kier alpha value is -3.15. The lowest BCUT2D eigenvalue weighted by Gasteiger charge is -2.20. The first-order chi connectivity index (χ1) is 14.3. The summed E-state index contributed by atoms with van der Waals surface area (Å²) in [5.74, 6) is -0.602.